The van der Waals surface area contributed by atoms with E-state index in [0.717, 1.165) is 67.8 Å². The first-order valence-corrected chi connectivity index (χ1v) is 10.9. The lowest BCUT2D eigenvalue weighted by atomic mass is 10.0. The molecule has 3 aromatic rings. The van der Waals surface area contributed by atoms with Crippen LogP contribution < -0.4 is 10.5 Å². The number of H-pyrrole nitrogens is 1. The highest BCUT2D eigenvalue weighted by Gasteiger charge is 2.25. The van der Waals surface area contributed by atoms with Crippen molar-refractivity contribution in [2.45, 2.75) is 31.9 Å². The number of pyridine rings is 1. The smallest absolute Gasteiger partial charge is 0.253 e. The molecular weight excluding hydrogens is 378 g/mol. The third kappa shape index (κ3) is 3.52. The van der Waals surface area contributed by atoms with E-state index in [1.165, 1.54) is 5.69 Å². The van der Waals surface area contributed by atoms with Gasteiger partial charge in [0.05, 0.1) is 17.7 Å². The third-order valence-electron chi connectivity index (χ3n) is 6.56. The van der Waals surface area contributed by atoms with E-state index in [0.29, 0.717) is 0 Å². The van der Waals surface area contributed by atoms with Crippen LogP contribution >= 0.6 is 0 Å². The monoisotopic (exact) mass is 407 g/mol. The van der Waals surface area contributed by atoms with E-state index in [1.54, 1.807) is 6.07 Å². The minimum atomic E-state index is -0.00883. The molecule has 0 amide bonds. The van der Waals surface area contributed by atoms with Gasteiger partial charge in [0.2, 0.25) is 0 Å². The summed E-state index contributed by atoms with van der Waals surface area (Å²) in [7, 11) is 2.17. The van der Waals surface area contributed by atoms with Crippen LogP contribution in [0.5, 0.6) is 0 Å². The van der Waals surface area contributed by atoms with E-state index in [1.807, 2.05) is 17.7 Å². The lowest BCUT2D eigenvalue weighted by Crippen LogP contribution is -2.44. The molecule has 2 aromatic heterocycles. The molecule has 7 heteroatoms. The predicted octanol–water partition coefficient (Wildman–Crippen LogP) is 2.88. The van der Waals surface area contributed by atoms with Crippen molar-refractivity contribution >= 4 is 16.6 Å². The summed E-state index contributed by atoms with van der Waals surface area (Å²) in [5, 5.41) is 8.55. The maximum atomic E-state index is 12.7. The molecule has 158 valence electrons. The zero-order valence-corrected chi connectivity index (χ0v) is 17.7. The quantitative estimate of drug-likeness (QED) is 0.723. The van der Waals surface area contributed by atoms with Crippen molar-refractivity contribution in [1.29, 1.82) is 0 Å². The SMILES string of the molecule is CC1OCCCC1n1cc2c(-c3ccc(N4CCN(C)CC4)cc3)n[nH]c2cc1=O. The van der Waals surface area contributed by atoms with Crippen LogP contribution in [0.15, 0.2) is 41.3 Å². The number of piperazine rings is 1. The molecule has 0 spiro atoms. The van der Waals surface area contributed by atoms with Gasteiger partial charge in [0.1, 0.15) is 5.69 Å². The van der Waals surface area contributed by atoms with E-state index in [2.05, 4.69) is 51.3 Å². The van der Waals surface area contributed by atoms with Crippen molar-refractivity contribution in [2.75, 3.05) is 44.7 Å². The minimum Gasteiger partial charge on any atom is -0.376 e. The fourth-order valence-electron chi connectivity index (χ4n) is 4.65. The number of aromatic amines is 1. The summed E-state index contributed by atoms with van der Waals surface area (Å²) in [5.41, 5.74) is 3.95. The van der Waals surface area contributed by atoms with Gasteiger partial charge in [0.15, 0.2) is 0 Å². The molecule has 2 unspecified atom stereocenters. The van der Waals surface area contributed by atoms with E-state index in [4.69, 9.17) is 4.74 Å². The van der Waals surface area contributed by atoms with Gasteiger partial charge in [-0.25, -0.2) is 0 Å². The Labute approximate surface area is 176 Å². The minimum absolute atomic E-state index is 0.00883. The number of ether oxygens (including phenoxy) is 1. The molecule has 5 rings (SSSR count). The molecule has 1 aromatic carbocycles. The number of hydrogen-bond donors (Lipinski definition) is 1. The zero-order chi connectivity index (χ0) is 20.7. The zero-order valence-electron chi connectivity index (χ0n) is 17.7. The second-order valence-corrected chi connectivity index (χ2v) is 8.54. The molecular formula is C23H29N5O2. The molecule has 2 saturated heterocycles. The lowest BCUT2D eigenvalue weighted by molar-refractivity contribution is -0.00987. The summed E-state index contributed by atoms with van der Waals surface area (Å²) in [6, 6.07) is 10.3. The van der Waals surface area contributed by atoms with Crippen LogP contribution in [0, 0.1) is 0 Å². The number of nitrogens with one attached hydrogen (secondary N) is 1. The Balaban J connectivity index is 1.47. The van der Waals surface area contributed by atoms with Crippen LogP contribution in [0.25, 0.3) is 22.2 Å². The van der Waals surface area contributed by atoms with Gasteiger partial charge >= 0.3 is 0 Å². The molecule has 2 atom stereocenters. The van der Waals surface area contributed by atoms with Gasteiger partial charge in [-0.3, -0.25) is 9.89 Å². The first-order chi connectivity index (χ1) is 14.6. The van der Waals surface area contributed by atoms with Crippen LogP contribution in [0.1, 0.15) is 25.8 Å². The second kappa shape index (κ2) is 7.89. The maximum absolute atomic E-state index is 12.7. The Hall–Kier alpha value is -2.64. The summed E-state index contributed by atoms with van der Waals surface area (Å²) < 4.78 is 7.63. The molecule has 2 fully saturated rings. The molecule has 4 heterocycles. The predicted molar refractivity (Wildman–Crippen MR) is 119 cm³/mol. The van der Waals surface area contributed by atoms with E-state index >= 15 is 0 Å². The molecule has 2 aliphatic heterocycles. The Morgan fingerprint density at radius 1 is 1.13 bits per heavy atom. The van der Waals surface area contributed by atoms with E-state index in [9.17, 15) is 4.79 Å². The number of hydrogen-bond acceptors (Lipinski definition) is 5. The van der Waals surface area contributed by atoms with Crippen molar-refractivity contribution in [3.8, 4) is 11.3 Å². The molecule has 0 saturated carbocycles. The summed E-state index contributed by atoms with van der Waals surface area (Å²) in [5.74, 6) is 0. The van der Waals surface area contributed by atoms with Gasteiger partial charge in [0, 0.05) is 61.7 Å². The highest BCUT2D eigenvalue weighted by molar-refractivity contribution is 5.92. The van der Waals surface area contributed by atoms with Crippen LogP contribution in [0.3, 0.4) is 0 Å². The first kappa shape index (κ1) is 19.3. The van der Waals surface area contributed by atoms with Gasteiger partial charge in [-0.15, -0.1) is 0 Å². The van der Waals surface area contributed by atoms with E-state index < -0.39 is 0 Å². The number of fused-ring (bicyclic) bond motifs is 1. The summed E-state index contributed by atoms with van der Waals surface area (Å²) in [6.07, 6.45) is 3.93. The fourth-order valence-corrected chi connectivity index (χ4v) is 4.65. The molecule has 0 bridgehead atoms. The average molecular weight is 408 g/mol. The first-order valence-electron chi connectivity index (χ1n) is 10.9. The Morgan fingerprint density at radius 3 is 2.63 bits per heavy atom. The Kier molecular flexibility index (Phi) is 5.08. The highest BCUT2D eigenvalue weighted by atomic mass is 16.5. The normalized spacial score (nSPS) is 23.2. The van der Waals surface area contributed by atoms with Crippen LogP contribution in [-0.2, 0) is 4.74 Å². The van der Waals surface area contributed by atoms with E-state index in [-0.39, 0.29) is 17.7 Å². The molecule has 0 aliphatic carbocycles. The molecule has 1 N–H and O–H groups in total. The lowest BCUT2D eigenvalue weighted by Gasteiger charge is -2.34. The van der Waals surface area contributed by atoms with Gasteiger partial charge in [-0.05, 0) is 38.9 Å². The molecule has 0 radical (unpaired) electrons. The summed E-state index contributed by atoms with van der Waals surface area (Å²) in [6.45, 7) is 7.10. The summed E-state index contributed by atoms with van der Waals surface area (Å²) in [4.78, 5) is 17.5. The third-order valence-corrected chi connectivity index (χ3v) is 6.56. The average Bonchev–Trinajstić information content (AvgIpc) is 3.17. The van der Waals surface area contributed by atoms with Gasteiger partial charge in [-0.2, -0.15) is 5.10 Å². The van der Waals surface area contributed by atoms with Gasteiger partial charge in [0.25, 0.3) is 5.56 Å². The Morgan fingerprint density at radius 2 is 1.90 bits per heavy atom. The fraction of sp³-hybridized carbons (Fsp3) is 0.478. The van der Waals surface area contributed by atoms with Crippen molar-refractivity contribution < 1.29 is 4.74 Å². The van der Waals surface area contributed by atoms with Crippen molar-refractivity contribution in [3.05, 3.63) is 46.9 Å². The summed E-state index contributed by atoms with van der Waals surface area (Å²) >= 11 is 0. The second-order valence-electron chi connectivity index (χ2n) is 8.54. The number of benzene rings is 1. The number of anilines is 1. The van der Waals surface area contributed by atoms with Crippen LogP contribution in [0.4, 0.5) is 5.69 Å². The Bertz CT molecular complexity index is 1080. The number of likely N-dealkylation sites (N-methyl/N-ethyl adjacent to an activating group) is 1. The molecule has 7 nitrogen and oxygen atoms in total. The van der Waals surface area contributed by atoms with Crippen LogP contribution in [-0.4, -0.2) is 65.6 Å². The number of nitrogens with zero attached hydrogens (tertiary/aromatic N) is 4. The largest absolute Gasteiger partial charge is 0.376 e. The molecule has 2 aliphatic rings. The van der Waals surface area contributed by atoms with Crippen molar-refractivity contribution in [2.24, 2.45) is 0 Å². The highest BCUT2D eigenvalue weighted by Crippen LogP contribution is 2.30. The van der Waals surface area contributed by atoms with Crippen molar-refractivity contribution in [1.82, 2.24) is 19.7 Å². The topological polar surface area (TPSA) is 66.4 Å². The van der Waals surface area contributed by atoms with Crippen LogP contribution in [0.2, 0.25) is 0 Å². The maximum Gasteiger partial charge on any atom is 0.253 e. The van der Waals surface area contributed by atoms with Crippen molar-refractivity contribution in [3.63, 3.8) is 0 Å². The molecule has 30 heavy (non-hydrogen) atoms. The number of aromatic nitrogens is 3. The number of rotatable bonds is 3. The van der Waals surface area contributed by atoms with Gasteiger partial charge in [-0.1, -0.05) is 12.1 Å². The van der Waals surface area contributed by atoms with Gasteiger partial charge < -0.3 is 19.1 Å². The standard InChI is InChI=1S/C23H29N5O2/c1-16-21(4-3-13-30-16)28-15-19-20(14-22(28)29)24-25-23(19)17-5-7-18(8-6-17)27-11-9-26(2)10-12-27/h5-8,14-16,21,24H,3-4,9-13H2,1-2H3.